The third-order valence-electron chi connectivity index (χ3n) is 5.06. The summed E-state index contributed by atoms with van der Waals surface area (Å²) < 4.78 is 0. The monoisotopic (exact) mass is 242 g/mol. The van der Waals surface area contributed by atoms with Gasteiger partial charge in [0.05, 0.1) is 0 Å². The minimum absolute atomic E-state index is 0.0927. The lowest BCUT2D eigenvalue weighted by atomic mass is 9.68. The van der Waals surface area contributed by atoms with E-state index in [9.17, 15) is 4.79 Å². The van der Waals surface area contributed by atoms with Crippen LogP contribution in [0.25, 0.3) is 0 Å². The highest BCUT2D eigenvalue weighted by molar-refractivity contribution is 5.95. The van der Waals surface area contributed by atoms with E-state index in [4.69, 9.17) is 0 Å². The smallest absolute Gasteiger partial charge is 0.225 e. The summed E-state index contributed by atoms with van der Waals surface area (Å²) in [4.78, 5) is 14.6. The van der Waals surface area contributed by atoms with Crippen LogP contribution in [0.4, 0.5) is 5.69 Å². The van der Waals surface area contributed by atoms with Crippen LogP contribution < -0.4 is 5.32 Å². The van der Waals surface area contributed by atoms with Crippen LogP contribution in [-0.4, -0.2) is 29.9 Å². The molecule has 0 bridgehead atoms. The zero-order chi connectivity index (χ0) is 12.2. The van der Waals surface area contributed by atoms with Crippen LogP contribution in [0.3, 0.4) is 0 Å². The molecule has 0 radical (unpaired) electrons. The highest BCUT2D eigenvalue weighted by Gasteiger charge is 2.53. The topological polar surface area (TPSA) is 32.3 Å². The molecule has 3 heteroatoms. The number of rotatable bonds is 0. The Morgan fingerprint density at radius 1 is 1.28 bits per heavy atom. The van der Waals surface area contributed by atoms with E-state index in [-0.39, 0.29) is 11.3 Å². The van der Waals surface area contributed by atoms with Gasteiger partial charge in [-0.3, -0.25) is 9.69 Å². The first kappa shape index (κ1) is 10.6. The molecule has 3 aliphatic rings. The molecule has 18 heavy (non-hydrogen) atoms. The molecular formula is C15H18N2O. The molecule has 1 aromatic carbocycles. The SMILES string of the molecule is O=C1CC2(CCN3CCC[C@H]32)c2ccccc2N1. The Kier molecular flexibility index (Phi) is 2.10. The van der Waals surface area contributed by atoms with Gasteiger partial charge >= 0.3 is 0 Å². The minimum atomic E-state index is 0.0927. The van der Waals surface area contributed by atoms with Crippen molar-refractivity contribution in [3.63, 3.8) is 0 Å². The first-order chi connectivity index (χ1) is 8.79. The molecule has 94 valence electrons. The molecule has 1 aromatic rings. The maximum absolute atomic E-state index is 12.0. The Labute approximate surface area is 107 Å². The average molecular weight is 242 g/mol. The number of nitrogens with zero attached hydrogens (tertiary/aromatic N) is 1. The molecule has 2 fully saturated rings. The van der Waals surface area contributed by atoms with Crippen molar-refractivity contribution in [2.75, 3.05) is 18.4 Å². The number of carbonyl (C=O) groups is 1. The Hall–Kier alpha value is -1.35. The lowest BCUT2D eigenvalue weighted by Crippen LogP contribution is -2.45. The molecule has 2 atom stereocenters. The molecular weight excluding hydrogens is 224 g/mol. The lowest BCUT2D eigenvalue weighted by molar-refractivity contribution is -0.118. The van der Waals surface area contributed by atoms with Gasteiger partial charge in [-0.2, -0.15) is 0 Å². The fourth-order valence-corrected chi connectivity index (χ4v) is 4.35. The summed E-state index contributed by atoms with van der Waals surface area (Å²) in [5, 5.41) is 3.03. The minimum Gasteiger partial charge on any atom is -0.326 e. The second kappa shape index (κ2) is 3.58. The molecule has 0 saturated carbocycles. The first-order valence-corrected chi connectivity index (χ1v) is 6.93. The quantitative estimate of drug-likeness (QED) is 0.756. The van der Waals surface area contributed by atoms with Gasteiger partial charge < -0.3 is 5.32 Å². The lowest BCUT2D eigenvalue weighted by Gasteiger charge is -2.39. The summed E-state index contributed by atoms with van der Waals surface area (Å²) in [6, 6.07) is 8.97. The van der Waals surface area contributed by atoms with Gasteiger partial charge in [0.2, 0.25) is 5.91 Å². The molecule has 2 saturated heterocycles. The van der Waals surface area contributed by atoms with E-state index in [1.807, 2.05) is 12.1 Å². The zero-order valence-electron chi connectivity index (χ0n) is 10.5. The Balaban J connectivity index is 1.87. The molecule has 3 aliphatic heterocycles. The zero-order valence-corrected chi connectivity index (χ0v) is 10.5. The second-order valence-corrected chi connectivity index (χ2v) is 5.87. The van der Waals surface area contributed by atoms with Crippen molar-refractivity contribution in [3.8, 4) is 0 Å². The van der Waals surface area contributed by atoms with E-state index in [2.05, 4.69) is 22.3 Å². The van der Waals surface area contributed by atoms with Crippen LogP contribution in [-0.2, 0) is 10.2 Å². The summed E-state index contributed by atoms with van der Waals surface area (Å²) in [5.74, 6) is 0.197. The van der Waals surface area contributed by atoms with Crippen molar-refractivity contribution in [1.82, 2.24) is 4.90 Å². The fourth-order valence-electron chi connectivity index (χ4n) is 4.35. The predicted octanol–water partition coefficient (Wildman–Crippen LogP) is 2.13. The van der Waals surface area contributed by atoms with Gasteiger partial charge in [-0.25, -0.2) is 0 Å². The number of carbonyl (C=O) groups excluding carboxylic acids is 1. The molecule has 3 nitrogen and oxygen atoms in total. The van der Waals surface area contributed by atoms with Crippen LogP contribution in [0.15, 0.2) is 24.3 Å². The Morgan fingerprint density at radius 2 is 2.17 bits per heavy atom. The summed E-state index contributed by atoms with van der Waals surface area (Å²) in [7, 11) is 0. The molecule has 0 aliphatic carbocycles. The number of benzene rings is 1. The van der Waals surface area contributed by atoms with Gasteiger partial charge in [0.25, 0.3) is 0 Å². The fraction of sp³-hybridized carbons (Fsp3) is 0.533. The largest absolute Gasteiger partial charge is 0.326 e. The summed E-state index contributed by atoms with van der Waals surface area (Å²) in [6.07, 6.45) is 4.35. The summed E-state index contributed by atoms with van der Waals surface area (Å²) >= 11 is 0. The summed E-state index contributed by atoms with van der Waals surface area (Å²) in [5.41, 5.74) is 2.51. The Bertz CT molecular complexity index is 513. The standard InChI is InChI=1S/C15H18N2O/c18-14-10-15(7-9-17-8-3-6-13(15)17)11-4-1-2-5-12(11)16-14/h1-2,4-5,13H,3,6-10H2,(H,16,18)/t13-,15?/m0/s1. The van der Waals surface area contributed by atoms with Crippen molar-refractivity contribution >= 4 is 11.6 Å². The molecule has 4 rings (SSSR count). The number of para-hydroxylation sites is 1. The van der Waals surface area contributed by atoms with Crippen molar-refractivity contribution in [2.45, 2.75) is 37.1 Å². The number of anilines is 1. The number of hydrogen-bond donors (Lipinski definition) is 1. The highest BCUT2D eigenvalue weighted by atomic mass is 16.1. The van der Waals surface area contributed by atoms with Gasteiger partial charge in [-0.1, -0.05) is 18.2 Å². The van der Waals surface area contributed by atoms with Crippen molar-refractivity contribution in [3.05, 3.63) is 29.8 Å². The number of amides is 1. The van der Waals surface area contributed by atoms with E-state index in [0.717, 1.165) is 18.7 Å². The van der Waals surface area contributed by atoms with E-state index in [0.29, 0.717) is 12.5 Å². The van der Waals surface area contributed by atoms with Crippen LogP contribution in [0.5, 0.6) is 0 Å². The van der Waals surface area contributed by atoms with Crippen LogP contribution >= 0.6 is 0 Å². The van der Waals surface area contributed by atoms with Crippen LogP contribution in [0.1, 0.15) is 31.2 Å². The molecule has 1 N–H and O–H groups in total. The maximum Gasteiger partial charge on any atom is 0.225 e. The van der Waals surface area contributed by atoms with Crippen LogP contribution in [0, 0.1) is 0 Å². The number of hydrogen-bond acceptors (Lipinski definition) is 2. The van der Waals surface area contributed by atoms with E-state index in [1.54, 1.807) is 0 Å². The third kappa shape index (κ3) is 1.25. The number of fused-ring (bicyclic) bond motifs is 4. The highest BCUT2D eigenvalue weighted by Crippen LogP contribution is 2.51. The predicted molar refractivity (Wildman–Crippen MR) is 70.6 cm³/mol. The van der Waals surface area contributed by atoms with Gasteiger partial charge in [0, 0.05) is 23.6 Å². The third-order valence-corrected chi connectivity index (χ3v) is 5.06. The van der Waals surface area contributed by atoms with Crippen molar-refractivity contribution < 1.29 is 4.79 Å². The van der Waals surface area contributed by atoms with E-state index in [1.165, 1.54) is 24.9 Å². The van der Waals surface area contributed by atoms with Crippen molar-refractivity contribution in [2.24, 2.45) is 0 Å². The molecule has 0 aromatic heterocycles. The normalized spacial score (nSPS) is 34.4. The van der Waals surface area contributed by atoms with Gasteiger partial charge in [0.15, 0.2) is 0 Å². The molecule has 3 heterocycles. The van der Waals surface area contributed by atoms with Crippen molar-refractivity contribution in [1.29, 1.82) is 0 Å². The molecule has 1 amide bonds. The van der Waals surface area contributed by atoms with E-state index < -0.39 is 0 Å². The number of nitrogens with one attached hydrogen (secondary N) is 1. The van der Waals surface area contributed by atoms with Gasteiger partial charge in [0.1, 0.15) is 0 Å². The van der Waals surface area contributed by atoms with Crippen LogP contribution in [0.2, 0.25) is 0 Å². The summed E-state index contributed by atoms with van der Waals surface area (Å²) in [6.45, 7) is 2.38. The van der Waals surface area contributed by atoms with Gasteiger partial charge in [-0.15, -0.1) is 0 Å². The molecule has 1 spiro atoms. The molecule has 1 unspecified atom stereocenters. The second-order valence-electron chi connectivity index (χ2n) is 5.87. The maximum atomic E-state index is 12.0. The van der Waals surface area contributed by atoms with Gasteiger partial charge in [-0.05, 0) is 44.0 Å². The average Bonchev–Trinajstić information content (AvgIpc) is 2.94. The van der Waals surface area contributed by atoms with E-state index >= 15 is 0 Å². The Morgan fingerprint density at radius 3 is 3.11 bits per heavy atom. The first-order valence-electron chi connectivity index (χ1n) is 6.93.